The summed E-state index contributed by atoms with van der Waals surface area (Å²) in [6.07, 6.45) is 1.71. The van der Waals surface area contributed by atoms with E-state index >= 15 is 0 Å². The molecule has 1 aliphatic rings. The van der Waals surface area contributed by atoms with Crippen LogP contribution in [0.3, 0.4) is 0 Å². The molecule has 24 heavy (non-hydrogen) atoms. The summed E-state index contributed by atoms with van der Waals surface area (Å²) < 4.78 is 11.3. The van der Waals surface area contributed by atoms with E-state index in [0.717, 1.165) is 10.6 Å². The Balaban J connectivity index is 1.77. The highest BCUT2D eigenvalue weighted by atomic mass is 32.1. The number of fused-ring (bicyclic) bond motifs is 1. The predicted molar refractivity (Wildman–Crippen MR) is 86.3 cm³/mol. The van der Waals surface area contributed by atoms with Gasteiger partial charge in [-0.05, 0) is 0 Å². The van der Waals surface area contributed by atoms with Gasteiger partial charge in [-0.25, -0.2) is 9.78 Å². The predicted octanol–water partition coefficient (Wildman–Crippen LogP) is 1.26. The summed E-state index contributed by atoms with van der Waals surface area (Å²) in [5.41, 5.74) is 1.33. The molecule has 0 radical (unpaired) electrons. The van der Waals surface area contributed by atoms with Crippen LogP contribution in [-0.4, -0.2) is 52.4 Å². The molecule has 2 amide bonds. The molecule has 2 aromatic rings. The first-order chi connectivity index (χ1) is 11.5. The topological polar surface area (TPSA) is 98.6 Å². The standard InChI is InChI=1S/C14H17N5O4S/c1-18-6-8(11(17-18)22-2)12(20)19-5-4-9-10(7-19)24-13(15-9)16-14(21)23-3/h6H,4-5,7H2,1-3H3,(H,15,16,21). The third kappa shape index (κ3) is 3.04. The van der Waals surface area contributed by atoms with Crippen molar-refractivity contribution >= 4 is 28.5 Å². The van der Waals surface area contributed by atoms with Crippen LogP contribution in [0.25, 0.3) is 0 Å². The minimum absolute atomic E-state index is 0.138. The Hall–Kier alpha value is -2.62. The molecule has 1 N–H and O–H groups in total. The van der Waals surface area contributed by atoms with Gasteiger partial charge in [0.15, 0.2) is 5.13 Å². The number of methoxy groups -OCH3 is 2. The summed E-state index contributed by atoms with van der Waals surface area (Å²) >= 11 is 1.34. The van der Waals surface area contributed by atoms with Crippen molar-refractivity contribution in [1.82, 2.24) is 19.7 Å². The minimum atomic E-state index is -0.561. The zero-order valence-corrected chi connectivity index (χ0v) is 14.3. The first-order valence-electron chi connectivity index (χ1n) is 7.22. The molecular formula is C14H17N5O4S. The van der Waals surface area contributed by atoms with Crippen LogP contribution in [0.5, 0.6) is 5.88 Å². The highest BCUT2D eigenvalue weighted by Crippen LogP contribution is 2.30. The van der Waals surface area contributed by atoms with Crippen LogP contribution in [-0.2, 0) is 24.8 Å². The molecule has 0 fully saturated rings. The molecule has 9 nitrogen and oxygen atoms in total. The lowest BCUT2D eigenvalue weighted by Gasteiger charge is -2.25. The lowest BCUT2D eigenvalue weighted by molar-refractivity contribution is 0.0732. The summed E-state index contributed by atoms with van der Waals surface area (Å²) in [5, 5.41) is 7.14. The van der Waals surface area contributed by atoms with E-state index in [0.29, 0.717) is 36.1 Å². The number of carbonyl (C=O) groups is 2. The molecule has 1 aliphatic heterocycles. The highest BCUT2D eigenvalue weighted by Gasteiger charge is 2.28. The van der Waals surface area contributed by atoms with Gasteiger partial charge in [-0.2, -0.15) is 0 Å². The normalized spacial score (nSPS) is 13.4. The number of rotatable bonds is 3. The molecule has 0 aromatic carbocycles. The molecule has 3 rings (SSSR count). The number of ether oxygens (including phenoxy) is 2. The Morgan fingerprint density at radius 1 is 1.38 bits per heavy atom. The summed E-state index contributed by atoms with van der Waals surface area (Å²) in [6, 6.07) is 0. The first-order valence-corrected chi connectivity index (χ1v) is 8.04. The number of aromatic nitrogens is 3. The lowest BCUT2D eigenvalue weighted by atomic mass is 10.1. The maximum atomic E-state index is 12.7. The van der Waals surface area contributed by atoms with Crippen molar-refractivity contribution in [2.75, 3.05) is 26.1 Å². The number of thiazole rings is 1. The number of nitrogens with zero attached hydrogens (tertiary/aromatic N) is 4. The Kier molecular flexibility index (Phi) is 4.38. The van der Waals surface area contributed by atoms with Crippen LogP contribution in [0, 0.1) is 0 Å². The summed E-state index contributed by atoms with van der Waals surface area (Å²) in [7, 11) is 4.52. The molecule has 2 aromatic heterocycles. The van der Waals surface area contributed by atoms with Crippen LogP contribution >= 0.6 is 11.3 Å². The van der Waals surface area contributed by atoms with Crippen LogP contribution < -0.4 is 10.1 Å². The van der Waals surface area contributed by atoms with Crippen molar-refractivity contribution in [3.8, 4) is 5.88 Å². The van der Waals surface area contributed by atoms with Crippen molar-refractivity contribution < 1.29 is 19.1 Å². The number of amides is 2. The van der Waals surface area contributed by atoms with Gasteiger partial charge in [0.25, 0.3) is 5.91 Å². The molecule has 0 atom stereocenters. The molecule has 0 saturated carbocycles. The summed E-state index contributed by atoms with van der Waals surface area (Å²) in [5.74, 6) is 0.173. The van der Waals surface area contributed by atoms with Gasteiger partial charge in [-0.15, -0.1) is 5.10 Å². The molecule has 0 aliphatic carbocycles. The van der Waals surface area contributed by atoms with Gasteiger partial charge >= 0.3 is 6.09 Å². The van der Waals surface area contributed by atoms with Gasteiger partial charge < -0.3 is 14.4 Å². The third-order valence-electron chi connectivity index (χ3n) is 3.63. The van der Waals surface area contributed by atoms with Crippen molar-refractivity contribution in [1.29, 1.82) is 0 Å². The second kappa shape index (κ2) is 6.48. The summed E-state index contributed by atoms with van der Waals surface area (Å²) in [4.78, 5) is 31.0. The van der Waals surface area contributed by atoms with Gasteiger partial charge in [0, 0.05) is 31.1 Å². The zero-order chi connectivity index (χ0) is 17.3. The van der Waals surface area contributed by atoms with E-state index in [1.165, 1.54) is 25.6 Å². The quantitative estimate of drug-likeness (QED) is 0.894. The van der Waals surface area contributed by atoms with Crippen LogP contribution in [0.2, 0.25) is 0 Å². The van der Waals surface area contributed by atoms with Gasteiger partial charge in [0.05, 0.1) is 26.5 Å². The maximum absolute atomic E-state index is 12.7. The molecule has 3 heterocycles. The van der Waals surface area contributed by atoms with Gasteiger partial charge in [0.2, 0.25) is 5.88 Å². The SMILES string of the molecule is COC(=O)Nc1nc2c(s1)CN(C(=O)c1cn(C)nc1OC)CC2. The van der Waals surface area contributed by atoms with E-state index in [9.17, 15) is 9.59 Å². The van der Waals surface area contributed by atoms with E-state index in [1.54, 1.807) is 22.8 Å². The minimum Gasteiger partial charge on any atom is -0.479 e. The van der Waals surface area contributed by atoms with Gasteiger partial charge in [-0.3, -0.25) is 14.8 Å². The monoisotopic (exact) mass is 351 g/mol. The molecule has 0 unspecified atom stereocenters. The third-order valence-corrected chi connectivity index (χ3v) is 4.63. The van der Waals surface area contributed by atoms with Crippen molar-refractivity contribution in [3.63, 3.8) is 0 Å². The number of nitrogens with one attached hydrogen (secondary N) is 1. The molecule has 0 bridgehead atoms. The molecular weight excluding hydrogens is 334 g/mol. The highest BCUT2D eigenvalue weighted by molar-refractivity contribution is 7.15. The number of carbonyl (C=O) groups excluding carboxylic acids is 2. The Labute approximate surface area is 142 Å². The zero-order valence-electron chi connectivity index (χ0n) is 13.5. The average molecular weight is 351 g/mol. The maximum Gasteiger partial charge on any atom is 0.413 e. The van der Waals surface area contributed by atoms with Crippen molar-refractivity contribution in [3.05, 3.63) is 22.3 Å². The number of anilines is 1. The molecule has 0 saturated heterocycles. The van der Waals surface area contributed by atoms with E-state index in [-0.39, 0.29) is 5.91 Å². The smallest absolute Gasteiger partial charge is 0.413 e. The number of hydrogen-bond acceptors (Lipinski definition) is 7. The number of hydrogen-bond donors (Lipinski definition) is 1. The van der Waals surface area contributed by atoms with Crippen LogP contribution in [0.15, 0.2) is 6.20 Å². The number of aryl methyl sites for hydroxylation is 1. The fourth-order valence-corrected chi connectivity index (χ4v) is 3.51. The lowest BCUT2D eigenvalue weighted by Crippen LogP contribution is -2.35. The summed E-state index contributed by atoms with van der Waals surface area (Å²) in [6.45, 7) is 0.984. The van der Waals surface area contributed by atoms with E-state index < -0.39 is 6.09 Å². The Bertz CT molecular complexity index is 784. The van der Waals surface area contributed by atoms with E-state index in [2.05, 4.69) is 20.1 Å². The van der Waals surface area contributed by atoms with E-state index in [1.807, 2.05) is 0 Å². The molecule has 10 heteroatoms. The van der Waals surface area contributed by atoms with Crippen molar-refractivity contribution in [2.24, 2.45) is 7.05 Å². The van der Waals surface area contributed by atoms with Gasteiger partial charge in [0.1, 0.15) is 5.56 Å². The fraction of sp³-hybridized carbons (Fsp3) is 0.429. The second-order valence-corrected chi connectivity index (χ2v) is 6.29. The van der Waals surface area contributed by atoms with Crippen molar-refractivity contribution in [2.45, 2.75) is 13.0 Å². The average Bonchev–Trinajstić information content (AvgIpc) is 3.15. The van der Waals surface area contributed by atoms with E-state index in [4.69, 9.17) is 4.74 Å². The second-order valence-electron chi connectivity index (χ2n) is 5.21. The molecule has 0 spiro atoms. The first kappa shape index (κ1) is 16.2. The largest absolute Gasteiger partial charge is 0.479 e. The fourth-order valence-electron chi connectivity index (χ4n) is 2.50. The Morgan fingerprint density at radius 2 is 2.17 bits per heavy atom. The molecule has 128 valence electrons. The van der Waals surface area contributed by atoms with Crippen LogP contribution in [0.4, 0.5) is 9.93 Å². The Morgan fingerprint density at radius 3 is 2.88 bits per heavy atom. The van der Waals surface area contributed by atoms with Crippen LogP contribution in [0.1, 0.15) is 20.9 Å². The van der Waals surface area contributed by atoms with Gasteiger partial charge in [-0.1, -0.05) is 11.3 Å².